The Balaban J connectivity index is 2.99. The highest BCUT2D eigenvalue weighted by atomic mass is 16.5. The maximum atomic E-state index is 11.9. The van der Waals surface area contributed by atoms with Crippen LogP contribution in [0.1, 0.15) is 13.8 Å². The van der Waals surface area contributed by atoms with Crippen LogP contribution in [0.4, 0.5) is 0 Å². The van der Waals surface area contributed by atoms with Crippen LogP contribution in [0.3, 0.4) is 0 Å². The number of hydrogen-bond donors (Lipinski definition) is 2. The Morgan fingerprint density at radius 1 is 1.25 bits per heavy atom. The Kier molecular flexibility index (Phi) is 3.64. The second-order valence-electron chi connectivity index (χ2n) is 3.96. The second kappa shape index (κ2) is 4.61. The van der Waals surface area contributed by atoms with Crippen LogP contribution >= 0.6 is 0 Å². The number of methoxy groups -OCH3 is 1. The predicted molar refractivity (Wildman–Crippen MR) is 53.7 cm³/mol. The van der Waals surface area contributed by atoms with Crippen LogP contribution in [0.25, 0.3) is 0 Å². The van der Waals surface area contributed by atoms with Crippen molar-refractivity contribution in [1.29, 1.82) is 0 Å². The summed E-state index contributed by atoms with van der Waals surface area (Å²) >= 11 is 0. The van der Waals surface area contributed by atoms with Crippen LogP contribution in [-0.2, 0) is 19.1 Å². The summed E-state index contributed by atoms with van der Waals surface area (Å²) in [4.78, 5) is 34.2. The van der Waals surface area contributed by atoms with Crippen LogP contribution in [0.5, 0.6) is 0 Å². The first-order valence-electron chi connectivity index (χ1n) is 5.00. The van der Waals surface area contributed by atoms with E-state index < -0.39 is 41.6 Å². The molecule has 1 aliphatic rings. The first-order valence-corrected chi connectivity index (χ1v) is 5.00. The van der Waals surface area contributed by atoms with E-state index >= 15 is 0 Å². The molecule has 4 unspecified atom stereocenters. The second-order valence-corrected chi connectivity index (χ2v) is 3.96. The summed E-state index contributed by atoms with van der Waals surface area (Å²) in [5.41, 5.74) is 0. The lowest BCUT2D eigenvalue weighted by Crippen LogP contribution is -2.59. The molecule has 90 valence electrons. The van der Waals surface area contributed by atoms with Crippen LogP contribution in [-0.4, -0.2) is 42.0 Å². The van der Waals surface area contributed by atoms with E-state index in [0.29, 0.717) is 0 Å². The Bertz CT molecular complexity index is 327. The minimum absolute atomic E-state index is 0.412. The number of carbonyl (C=O) groups excluding carboxylic acids is 2. The van der Waals surface area contributed by atoms with Crippen LogP contribution in [0.15, 0.2) is 0 Å². The van der Waals surface area contributed by atoms with Gasteiger partial charge in [0.1, 0.15) is 11.8 Å². The van der Waals surface area contributed by atoms with Gasteiger partial charge in [0.05, 0.1) is 7.11 Å². The number of ketones is 1. The maximum Gasteiger partial charge on any atom is 0.317 e. The maximum absolute atomic E-state index is 11.9. The molecule has 0 aliphatic carbocycles. The average molecular weight is 229 g/mol. The van der Waals surface area contributed by atoms with Gasteiger partial charge in [0, 0.05) is 12.1 Å². The van der Waals surface area contributed by atoms with Gasteiger partial charge in [-0.25, -0.2) is 0 Å². The van der Waals surface area contributed by atoms with E-state index in [1.54, 1.807) is 13.8 Å². The molecule has 1 rings (SSSR count). The van der Waals surface area contributed by atoms with Gasteiger partial charge >= 0.3 is 11.9 Å². The fraction of sp³-hybridized carbons (Fsp3) is 0.700. The monoisotopic (exact) mass is 229 g/mol. The number of hydrogen-bond acceptors (Lipinski definition) is 5. The van der Waals surface area contributed by atoms with Crippen molar-refractivity contribution in [3.8, 4) is 0 Å². The van der Waals surface area contributed by atoms with Crippen molar-refractivity contribution in [3.05, 3.63) is 0 Å². The highest BCUT2D eigenvalue weighted by molar-refractivity contribution is 6.09. The van der Waals surface area contributed by atoms with Gasteiger partial charge in [0.2, 0.25) is 0 Å². The van der Waals surface area contributed by atoms with E-state index in [9.17, 15) is 14.4 Å². The molecule has 0 bridgehead atoms. The van der Waals surface area contributed by atoms with Gasteiger partial charge in [-0.1, -0.05) is 0 Å². The fourth-order valence-corrected chi connectivity index (χ4v) is 2.08. The third-order valence-corrected chi connectivity index (χ3v) is 2.86. The number of aliphatic carboxylic acids is 1. The van der Waals surface area contributed by atoms with Crippen molar-refractivity contribution in [2.24, 2.45) is 11.8 Å². The van der Waals surface area contributed by atoms with Crippen molar-refractivity contribution < 1.29 is 24.2 Å². The summed E-state index contributed by atoms with van der Waals surface area (Å²) in [5, 5.41) is 11.8. The number of nitrogens with one attached hydrogen (secondary N) is 1. The number of rotatable bonds is 2. The summed E-state index contributed by atoms with van der Waals surface area (Å²) in [6.07, 6.45) is 0. The van der Waals surface area contributed by atoms with Crippen molar-refractivity contribution in [1.82, 2.24) is 5.32 Å². The Morgan fingerprint density at radius 3 is 2.19 bits per heavy atom. The number of ether oxygens (including phenoxy) is 1. The van der Waals surface area contributed by atoms with Crippen LogP contribution in [0.2, 0.25) is 0 Å². The molecule has 2 N–H and O–H groups in total. The molecular weight excluding hydrogens is 214 g/mol. The smallest absolute Gasteiger partial charge is 0.317 e. The molecule has 1 heterocycles. The van der Waals surface area contributed by atoms with E-state index in [4.69, 9.17) is 5.11 Å². The Morgan fingerprint density at radius 2 is 1.75 bits per heavy atom. The van der Waals surface area contributed by atoms with Crippen molar-refractivity contribution >= 4 is 17.7 Å². The topological polar surface area (TPSA) is 92.7 Å². The third kappa shape index (κ3) is 2.06. The number of Topliss-reactive ketones (excluding diaryl/α,β-unsaturated/α-hetero) is 1. The molecule has 1 fully saturated rings. The lowest BCUT2D eigenvalue weighted by atomic mass is 9.79. The summed E-state index contributed by atoms with van der Waals surface area (Å²) < 4.78 is 4.50. The van der Waals surface area contributed by atoms with Gasteiger partial charge in [0.25, 0.3) is 0 Å². The molecule has 0 aromatic carbocycles. The van der Waals surface area contributed by atoms with E-state index in [1.807, 2.05) is 0 Å². The summed E-state index contributed by atoms with van der Waals surface area (Å²) in [7, 11) is 1.18. The molecule has 0 saturated carbocycles. The van der Waals surface area contributed by atoms with E-state index in [0.717, 1.165) is 0 Å². The molecule has 16 heavy (non-hydrogen) atoms. The van der Waals surface area contributed by atoms with Crippen molar-refractivity contribution in [3.63, 3.8) is 0 Å². The number of carboxylic acid groups (broad SMARTS) is 1. The molecule has 4 atom stereocenters. The molecule has 6 heteroatoms. The SMILES string of the molecule is COC(=O)C1C(=O)C(C(=O)O)C(C)NC1C. The van der Waals surface area contributed by atoms with Crippen molar-refractivity contribution in [2.45, 2.75) is 25.9 Å². The largest absolute Gasteiger partial charge is 0.481 e. The van der Waals surface area contributed by atoms with Crippen molar-refractivity contribution in [2.75, 3.05) is 7.11 Å². The Hall–Kier alpha value is -1.43. The quantitative estimate of drug-likeness (QED) is 0.486. The van der Waals surface area contributed by atoms with Crippen LogP contribution < -0.4 is 5.32 Å². The molecule has 0 aromatic rings. The van der Waals surface area contributed by atoms with Gasteiger partial charge in [-0.05, 0) is 13.8 Å². The van der Waals surface area contributed by atoms with Gasteiger partial charge in [0.15, 0.2) is 5.78 Å². The zero-order valence-corrected chi connectivity index (χ0v) is 9.39. The predicted octanol–water partition coefficient (Wildman–Crippen LogP) is -0.574. The minimum Gasteiger partial charge on any atom is -0.481 e. The summed E-state index contributed by atoms with van der Waals surface area (Å²) in [5.74, 6) is -4.73. The first-order chi connectivity index (χ1) is 7.40. The van der Waals surface area contributed by atoms with E-state index in [2.05, 4.69) is 10.1 Å². The molecule has 0 radical (unpaired) electrons. The Labute approximate surface area is 93.0 Å². The van der Waals surface area contributed by atoms with Gasteiger partial charge < -0.3 is 15.2 Å². The number of piperidine rings is 1. The molecule has 0 amide bonds. The normalized spacial score (nSPS) is 34.6. The number of carbonyl (C=O) groups is 3. The van der Waals surface area contributed by atoms with Crippen LogP contribution in [0, 0.1) is 11.8 Å². The van der Waals surface area contributed by atoms with Gasteiger partial charge in [-0.2, -0.15) is 0 Å². The first kappa shape index (κ1) is 12.6. The summed E-state index contributed by atoms with van der Waals surface area (Å²) in [6.45, 7) is 3.27. The molecular formula is C10H15NO5. The van der Waals surface area contributed by atoms with Gasteiger partial charge in [-0.3, -0.25) is 14.4 Å². The number of carboxylic acids is 1. The van der Waals surface area contributed by atoms with Gasteiger partial charge in [-0.15, -0.1) is 0 Å². The lowest BCUT2D eigenvalue weighted by molar-refractivity contribution is -0.158. The molecule has 6 nitrogen and oxygen atoms in total. The minimum atomic E-state index is -1.22. The molecule has 0 aromatic heterocycles. The number of esters is 1. The molecule has 1 aliphatic heterocycles. The molecule has 0 spiro atoms. The zero-order valence-electron chi connectivity index (χ0n) is 9.39. The lowest BCUT2D eigenvalue weighted by Gasteiger charge is -2.35. The standard InChI is InChI=1S/C10H15NO5/c1-4-6(9(13)14)8(12)7(5(2)11-4)10(15)16-3/h4-7,11H,1-3H3,(H,13,14). The highest BCUT2D eigenvalue weighted by Crippen LogP contribution is 2.23. The third-order valence-electron chi connectivity index (χ3n) is 2.86. The molecule has 1 saturated heterocycles. The fourth-order valence-electron chi connectivity index (χ4n) is 2.08. The van der Waals surface area contributed by atoms with E-state index in [-0.39, 0.29) is 0 Å². The summed E-state index contributed by atoms with van der Waals surface area (Å²) in [6, 6.07) is -0.897. The van der Waals surface area contributed by atoms with E-state index in [1.165, 1.54) is 7.11 Å². The average Bonchev–Trinajstić information content (AvgIpc) is 2.15. The highest BCUT2D eigenvalue weighted by Gasteiger charge is 2.47. The zero-order chi connectivity index (χ0) is 12.5.